The lowest BCUT2D eigenvalue weighted by atomic mass is 10.1. The number of nitrogens with zero attached hydrogens (tertiary/aromatic N) is 4. The monoisotopic (exact) mass is 373 g/mol. The summed E-state index contributed by atoms with van der Waals surface area (Å²) in [7, 11) is 1.57. The van der Waals surface area contributed by atoms with E-state index in [4.69, 9.17) is 9.26 Å². The Balaban J connectivity index is 0.00000225. The number of methoxy groups -OCH3 is 1. The number of ether oxygens (including phenoxy) is 1. The Labute approximate surface area is 149 Å². The van der Waals surface area contributed by atoms with Crippen molar-refractivity contribution in [2.24, 2.45) is 5.92 Å². The van der Waals surface area contributed by atoms with Crippen molar-refractivity contribution in [2.45, 2.75) is 37.8 Å². The molecule has 25 heavy (non-hydrogen) atoms. The first kappa shape index (κ1) is 19.3. The number of carbonyl (C=O) groups excluding carboxylic acids is 1. The molecule has 1 aliphatic rings. The summed E-state index contributed by atoms with van der Waals surface area (Å²) in [5.74, 6) is -0.690. The van der Waals surface area contributed by atoms with Crippen molar-refractivity contribution < 1.29 is 24.3 Å². The van der Waals surface area contributed by atoms with Crippen LogP contribution in [-0.4, -0.2) is 61.6 Å². The van der Waals surface area contributed by atoms with Crippen LogP contribution in [0.15, 0.2) is 23.0 Å². The Bertz CT molecular complexity index is 679. The van der Waals surface area contributed by atoms with E-state index in [-0.39, 0.29) is 24.1 Å². The van der Waals surface area contributed by atoms with Gasteiger partial charge in [-0.25, -0.2) is 0 Å². The number of aromatic nitrogens is 4. The van der Waals surface area contributed by atoms with Crippen LogP contribution >= 0.6 is 12.4 Å². The molecule has 0 radical (unpaired) electrons. The van der Waals surface area contributed by atoms with Gasteiger partial charge in [0.05, 0.1) is 31.1 Å². The summed E-state index contributed by atoms with van der Waals surface area (Å²) in [5.41, 5.74) is 0.681. The fraction of sp³-hybridized carbons (Fsp3) is 0.571. The molecule has 1 fully saturated rings. The SMILES string of the molecule is COCc1cn(C[C@H]2C[C@@H](NC(=O)c3ccno3)[C@H](O)[C@@H]2O)nn1.Cl. The van der Waals surface area contributed by atoms with Crippen LogP contribution < -0.4 is 5.32 Å². The third-order valence-corrected chi connectivity index (χ3v) is 4.08. The van der Waals surface area contributed by atoms with Crippen LogP contribution in [0, 0.1) is 5.92 Å². The van der Waals surface area contributed by atoms with Gasteiger partial charge in [0.15, 0.2) is 0 Å². The van der Waals surface area contributed by atoms with Crippen molar-refractivity contribution in [3.8, 4) is 0 Å². The fourth-order valence-electron chi connectivity index (χ4n) is 2.90. The van der Waals surface area contributed by atoms with E-state index in [9.17, 15) is 15.0 Å². The molecule has 3 N–H and O–H groups in total. The molecule has 2 aromatic rings. The molecular weight excluding hydrogens is 354 g/mol. The van der Waals surface area contributed by atoms with Gasteiger partial charge in [-0.3, -0.25) is 9.48 Å². The van der Waals surface area contributed by atoms with Gasteiger partial charge in [0.1, 0.15) is 11.8 Å². The van der Waals surface area contributed by atoms with E-state index >= 15 is 0 Å². The third kappa shape index (κ3) is 4.34. The first-order valence-electron chi connectivity index (χ1n) is 7.54. The molecule has 10 nitrogen and oxygen atoms in total. The molecule has 0 saturated heterocycles. The zero-order chi connectivity index (χ0) is 17.1. The van der Waals surface area contributed by atoms with E-state index in [1.807, 2.05) is 0 Å². The third-order valence-electron chi connectivity index (χ3n) is 4.08. The highest BCUT2D eigenvalue weighted by atomic mass is 35.5. The van der Waals surface area contributed by atoms with E-state index in [1.54, 1.807) is 18.0 Å². The first-order chi connectivity index (χ1) is 11.6. The molecule has 138 valence electrons. The number of hydrogen-bond acceptors (Lipinski definition) is 8. The van der Waals surface area contributed by atoms with Crippen molar-refractivity contribution in [2.75, 3.05) is 7.11 Å². The smallest absolute Gasteiger partial charge is 0.290 e. The molecule has 0 aromatic carbocycles. The second-order valence-corrected chi connectivity index (χ2v) is 5.80. The Morgan fingerprint density at radius 3 is 2.96 bits per heavy atom. The molecule has 1 aliphatic carbocycles. The summed E-state index contributed by atoms with van der Waals surface area (Å²) in [6.45, 7) is 0.731. The van der Waals surface area contributed by atoms with Gasteiger partial charge in [0, 0.05) is 25.6 Å². The number of aliphatic hydroxyl groups excluding tert-OH is 2. The molecule has 4 atom stereocenters. The lowest BCUT2D eigenvalue weighted by Gasteiger charge is -2.17. The van der Waals surface area contributed by atoms with Crippen molar-refractivity contribution in [3.63, 3.8) is 0 Å². The molecular formula is C14H20ClN5O5. The van der Waals surface area contributed by atoms with E-state index in [0.29, 0.717) is 25.3 Å². The summed E-state index contributed by atoms with van der Waals surface area (Å²) in [6.07, 6.45) is 1.45. The van der Waals surface area contributed by atoms with Crippen molar-refractivity contribution >= 4 is 18.3 Å². The second kappa shape index (κ2) is 8.39. The molecule has 1 amide bonds. The number of carbonyl (C=O) groups is 1. The Kier molecular flexibility index (Phi) is 6.48. The predicted octanol–water partition coefficient (Wildman–Crippen LogP) is -0.625. The normalized spacial score (nSPS) is 25.6. The average molecular weight is 374 g/mol. The Hall–Kier alpha value is -2.01. The van der Waals surface area contributed by atoms with Gasteiger partial charge in [-0.15, -0.1) is 17.5 Å². The summed E-state index contributed by atoms with van der Waals surface area (Å²) in [4.78, 5) is 12.0. The van der Waals surface area contributed by atoms with Gasteiger partial charge >= 0.3 is 0 Å². The molecule has 3 rings (SSSR count). The fourth-order valence-corrected chi connectivity index (χ4v) is 2.90. The lowest BCUT2D eigenvalue weighted by molar-refractivity contribution is 0.00745. The average Bonchev–Trinajstić information content (AvgIpc) is 3.28. The highest BCUT2D eigenvalue weighted by Gasteiger charge is 2.42. The molecule has 0 bridgehead atoms. The molecule has 1 saturated carbocycles. The minimum absolute atomic E-state index is 0. The van der Waals surface area contributed by atoms with E-state index in [1.165, 1.54) is 12.3 Å². The van der Waals surface area contributed by atoms with Gasteiger partial charge < -0.3 is 24.8 Å². The van der Waals surface area contributed by atoms with Crippen LogP contribution in [0.4, 0.5) is 0 Å². The van der Waals surface area contributed by atoms with Crippen molar-refractivity contribution in [3.05, 3.63) is 29.9 Å². The number of nitrogens with one attached hydrogen (secondary N) is 1. The number of halogens is 1. The summed E-state index contributed by atoms with van der Waals surface area (Å²) in [5, 5.41) is 34.4. The van der Waals surface area contributed by atoms with Gasteiger partial charge in [-0.2, -0.15) is 0 Å². The topological polar surface area (TPSA) is 136 Å². The minimum atomic E-state index is -1.07. The minimum Gasteiger partial charge on any atom is -0.390 e. The molecule has 2 heterocycles. The largest absolute Gasteiger partial charge is 0.390 e. The summed E-state index contributed by atoms with van der Waals surface area (Å²) >= 11 is 0. The van der Waals surface area contributed by atoms with E-state index in [0.717, 1.165) is 0 Å². The highest BCUT2D eigenvalue weighted by molar-refractivity contribution is 5.91. The molecule has 11 heteroatoms. The molecule has 0 aliphatic heterocycles. The quantitative estimate of drug-likeness (QED) is 0.609. The molecule has 2 aromatic heterocycles. The number of aliphatic hydroxyl groups is 2. The van der Waals surface area contributed by atoms with Gasteiger partial charge in [-0.1, -0.05) is 10.4 Å². The molecule has 0 spiro atoms. The van der Waals surface area contributed by atoms with Crippen LogP contribution in [0.25, 0.3) is 0 Å². The Morgan fingerprint density at radius 2 is 2.28 bits per heavy atom. The van der Waals surface area contributed by atoms with Crippen LogP contribution in [0.3, 0.4) is 0 Å². The maximum Gasteiger partial charge on any atom is 0.290 e. The highest BCUT2D eigenvalue weighted by Crippen LogP contribution is 2.28. The summed E-state index contributed by atoms with van der Waals surface area (Å²) < 4.78 is 11.3. The van der Waals surface area contributed by atoms with E-state index < -0.39 is 24.2 Å². The van der Waals surface area contributed by atoms with E-state index in [2.05, 4.69) is 20.8 Å². The van der Waals surface area contributed by atoms with Gasteiger partial charge in [0.25, 0.3) is 5.91 Å². The maximum atomic E-state index is 12.0. The molecule has 0 unspecified atom stereocenters. The van der Waals surface area contributed by atoms with Crippen LogP contribution in [0.1, 0.15) is 22.7 Å². The standard InChI is InChI=1S/C14H19N5O5.ClH/c1-23-7-9-6-19(18-17-9)5-8-4-10(13(21)12(8)20)16-14(22)11-2-3-15-24-11;/h2-3,6,8,10,12-13,20-21H,4-5,7H2,1H3,(H,16,22);1H/t8-,10-,12-,13+;/m1./s1. The number of hydrogen-bond donors (Lipinski definition) is 3. The first-order valence-corrected chi connectivity index (χ1v) is 7.54. The van der Waals surface area contributed by atoms with Gasteiger partial charge in [-0.05, 0) is 6.42 Å². The van der Waals surface area contributed by atoms with Crippen molar-refractivity contribution in [1.29, 1.82) is 0 Å². The predicted molar refractivity (Wildman–Crippen MR) is 85.9 cm³/mol. The summed E-state index contributed by atoms with van der Waals surface area (Å²) in [6, 6.07) is 0.849. The van der Waals surface area contributed by atoms with Crippen molar-refractivity contribution in [1.82, 2.24) is 25.5 Å². The van der Waals surface area contributed by atoms with Gasteiger partial charge in [0.2, 0.25) is 5.76 Å². The van der Waals surface area contributed by atoms with Crippen LogP contribution in [0.2, 0.25) is 0 Å². The van der Waals surface area contributed by atoms with Crippen LogP contribution in [-0.2, 0) is 17.9 Å². The zero-order valence-electron chi connectivity index (χ0n) is 13.5. The lowest BCUT2D eigenvalue weighted by Crippen LogP contribution is -2.43. The number of rotatable bonds is 6. The zero-order valence-corrected chi connectivity index (χ0v) is 14.3. The Morgan fingerprint density at radius 1 is 1.48 bits per heavy atom. The van der Waals surface area contributed by atoms with Crippen LogP contribution in [0.5, 0.6) is 0 Å². The number of amides is 1. The second-order valence-electron chi connectivity index (χ2n) is 5.80. The maximum absolute atomic E-state index is 12.0.